The molecule has 0 bridgehead atoms. The van der Waals surface area contributed by atoms with Crippen LogP contribution in [0.3, 0.4) is 0 Å². The SMILES string of the molecule is CCC(N)C(=O)N1CCCOc2ccccc21. The molecule has 4 heteroatoms. The second kappa shape index (κ2) is 5.19. The maximum atomic E-state index is 12.2. The Kier molecular flexibility index (Phi) is 3.64. The van der Waals surface area contributed by atoms with Gasteiger partial charge in [-0.2, -0.15) is 0 Å². The molecule has 4 nitrogen and oxygen atoms in total. The smallest absolute Gasteiger partial charge is 0.243 e. The van der Waals surface area contributed by atoms with E-state index in [0.29, 0.717) is 19.6 Å². The molecular formula is C13H18N2O2. The van der Waals surface area contributed by atoms with Crippen LogP contribution in [0.25, 0.3) is 0 Å². The quantitative estimate of drug-likeness (QED) is 0.844. The highest BCUT2D eigenvalue weighted by Crippen LogP contribution is 2.30. The Labute approximate surface area is 101 Å². The van der Waals surface area contributed by atoms with E-state index in [1.807, 2.05) is 31.2 Å². The van der Waals surface area contributed by atoms with E-state index in [-0.39, 0.29) is 5.91 Å². The minimum absolute atomic E-state index is 0.0227. The zero-order valence-corrected chi connectivity index (χ0v) is 10.1. The lowest BCUT2D eigenvalue weighted by molar-refractivity contribution is -0.119. The Morgan fingerprint density at radius 3 is 3.06 bits per heavy atom. The third-order valence-electron chi connectivity index (χ3n) is 2.96. The fourth-order valence-corrected chi connectivity index (χ4v) is 1.93. The number of fused-ring (bicyclic) bond motifs is 1. The topological polar surface area (TPSA) is 55.6 Å². The molecule has 0 spiro atoms. The van der Waals surface area contributed by atoms with Crippen molar-refractivity contribution in [3.63, 3.8) is 0 Å². The predicted octanol–water partition coefficient (Wildman–Crippen LogP) is 1.54. The van der Waals surface area contributed by atoms with Gasteiger partial charge in [-0.15, -0.1) is 0 Å². The Hall–Kier alpha value is -1.55. The largest absolute Gasteiger partial charge is 0.491 e. The monoisotopic (exact) mass is 234 g/mol. The van der Waals surface area contributed by atoms with Gasteiger partial charge in [0, 0.05) is 6.54 Å². The van der Waals surface area contributed by atoms with Crippen LogP contribution >= 0.6 is 0 Å². The maximum absolute atomic E-state index is 12.2. The van der Waals surface area contributed by atoms with Crippen molar-refractivity contribution in [3.8, 4) is 5.75 Å². The van der Waals surface area contributed by atoms with Crippen molar-refractivity contribution in [2.45, 2.75) is 25.8 Å². The van der Waals surface area contributed by atoms with E-state index in [0.717, 1.165) is 17.9 Å². The van der Waals surface area contributed by atoms with Gasteiger partial charge in [-0.25, -0.2) is 0 Å². The fraction of sp³-hybridized carbons (Fsp3) is 0.462. The van der Waals surface area contributed by atoms with Gasteiger partial charge in [0.05, 0.1) is 18.3 Å². The van der Waals surface area contributed by atoms with Gasteiger partial charge in [-0.05, 0) is 25.0 Å². The molecule has 2 N–H and O–H groups in total. The summed E-state index contributed by atoms with van der Waals surface area (Å²) in [5.74, 6) is 0.743. The Morgan fingerprint density at radius 2 is 2.29 bits per heavy atom. The third kappa shape index (κ3) is 2.42. The summed E-state index contributed by atoms with van der Waals surface area (Å²) in [7, 11) is 0. The van der Waals surface area contributed by atoms with E-state index in [4.69, 9.17) is 10.5 Å². The molecule has 92 valence electrons. The van der Waals surface area contributed by atoms with Gasteiger partial charge in [0.1, 0.15) is 5.75 Å². The molecule has 1 aliphatic heterocycles. The molecule has 17 heavy (non-hydrogen) atoms. The van der Waals surface area contributed by atoms with E-state index < -0.39 is 6.04 Å². The average molecular weight is 234 g/mol. The first-order valence-electron chi connectivity index (χ1n) is 6.03. The van der Waals surface area contributed by atoms with Gasteiger partial charge < -0.3 is 15.4 Å². The van der Waals surface area contributed by atoms with Crippen molar-refractivity contribution in [2.24, 2.45) is 5.73 Å². The molecule has 0 saturated heterocycles. The van der Waals surface area contributed by atoms with Crippen molar-refractivity contribution in [3.05, 3.63) is 24.3 Å². The minimum atomic E-state index is -0.429. The summed E-state index contributed by atoms with van der Waals surface area (Å²) < 4.78 is 5.61. The van der Waals surface area contributed by atoms with Crippen molar-refractivity contribution in [1.82, 2.24) is 0 Å². The van der Waals surface area contributed by atoms with Crippen LogP contribution in [-0.2, 0) is 4.79 Å². The lowest BCUT2D eigenvalue weighted by Gasteiger charge is -2.24. The summed E-state index contributed by atoms with van der Waals surface area (Å²) in [4.78, 5) is 13.9. The van der Waals surface area contributed by atoms with Gasteiger partial charge in [-0.1, -0.05) is 19.1 Å². The normalized spacial score (nSPS) is 16.7. The van der Waals surface area contributed by atoms with E-state index in [9.17, 15) is 4.79 Å². The Balaban J connectivity index is 2.31. The lowest BCUT2D eigenvalue weighted by Crippen LogP contribution is -2.43. The molecule has 1 aliphatic rings. The number of nitrogens with zero attached hydrogens (tertiary/aromatic N) is 1. The predicted molar refractivity (Wildman–Crippen MR) is 67.2 cm³/mol. The number of ether oxygens (including phenoxy) is 1. The van der Waals surface area contributed by atoms with Crippen LogP contribution in [0.5, 0.6) is 5.75 Å². The van der Waals surface area contributed by atoms with Gasteiger partial charge >= 0.3 is 0 Å². The van der Waals surface area contributed by atoms with Crippen molar-refractivity contribution in [2.75, 3.05) is 18.1 Å². The zero-order chi connectivity index (χ0) is 12.3. The maximum Gasteiger partial charge on any atom is 0.243 e. The summed E-state index contributed by atoms with van der Waals surface area (Å²) in [5.41, 5.74) is 6.66. The zero-order valence-electron chi connectivity index (χ0n) is 10.1. The van der Waals surface area contributed by atoms with Crippen LogP contribution in [0.15, 0.2) is 24.3 Å². The number of hydrogen-bond donors (Lipinski definition) is 1. The molecular weight excluding hydrogens is 216 g/mol. The molecule has 0 aliphatic carbocycles. The van der Waals surface area contributed by atoms with Crippen LogP contribution in [0.4, 0.5) is 5.69 Å². The first-order chi connectivity index (χ1) is 8.24. The standard InChI is InChI=1S/C13H18N2O2/c1-2-10(14)13(16)15-8-5-9-17-12-7-4-3-6-11(12)15/h3-4,6-7,10H,2,5,8-9,14H2,1H3. The first-order valence-corrected chi connectivity index (χ1v) is 6.03. The Bertz CT molecular complexity index is 406. The van der Waals surface area contributed by atoms with Crippen LogP contribution in [0.1, 0.15) is 19.8 Å². The summed E-state index contributed by atoms with van der Waals surface area (Å²) in [6.07, 6.45) is 1.48. The molecule has 1 aromatic rings. The number of carbonyl (C=O) groups is 1. The summed E-state index contributed by atoms with van der Waals surface area (Å²) >= 11 is 0. The van der Waals surface area contributed by atoms with Crippen LogP contribution in [0.2, 0.25) is 0 Å². The molecule has 0 aromatic heterocycles. The second-order valence-electron chi connectivity index (χ2n) is 4.17. The first kappa shape index (κ1) is 11.9. The summed E-state index contributed by atoms with van der Waals surface area (Å²) in [6, 6.07) is 7.18. The summed E-state index contributed by atoms with van der Waals surface area (Å²) in [6.45, 7) is 3.23. The summed E-state index contributed by atoms with van der Waals surface area (Å²) in [5, 5.41) is 0. The average Bonchev–Trinajstić information content (AvgIpc) is 2.59. The molecule has 1 aromatic carbocycles. The molecule has 0 saturated carbocycles. The number of nitrogens with two attached hydrogens (primary N) is 1. The number of anilines is 1. The highest BCUT2D eigenvalue weighted by Gasteiger charge is 2.24. The fourth-order valence-electron chi connectivity index (χ4n) is 1.93. The third-order valence-corrected chi connectivity index (χ3v) is 2.96. The molecule has 1 unspecified atom stereocenters. The van der Waals surface area contributed by atoms with Gasteiger partial charge in [0.2, 0.25) is 5.91 Å². The second-order valence-corrected chi connectivity index (χ2v) is 4.17. The van der Waals surface area contributed by atoms with E-state index in [1.54, 1.807) is 4.90 Å². The van der Waals surface area contributed by atoms with Gasteiger partial charge in [0.25, 0.3) is 0 Å². The van der Waals surface area contributed by atoms with Crippen LogP contribution < -0.4 is 15.4 Å². The number of amides is 1. The molecule has 0 fully saturated rings. The molecule has 1 amide bonds. The van der Waals surface area contributed by atoms with E-state index in [2.05, 4.69) is 0 Å². The number of hydrogen-bond acceptors (Lipinski definition) is 3. The highest BCUT2D eigenvalue weighted by molar-refractivity contribution is 5.98. The van der Waals surface area contributed by atoms with Crippen molar-refractivity contribution < 1.29 is 9.53 Å². The van der Waals surface area contributed by atoms with Gasteiger partial charge in [-0.3, -0.25) is 4.79 Å². The van der Waals surface area contributed by atoms with Crippen LogP contribution in [-0.4, -0.2) is 25.1 Å². The van der Waals surface area contributed by atoms with E-state index in [1.165, 1.54) is 0 Å². The van der Waals surface area contributed by atoms with Crippen molar-refractivity contribution >= 4 is 11.6 Å². The van der Waals surface area contributed by atoms with Crippen LogP contribution in [0, 0.1) is 0 Å². The highest BCUT2D eigenvalue weighted by atomic mass is 16.5. The molecule has 1 atom stereocenters. The Morgan fingerprint density at radius 1 is 1.53 bits per heavy atom. The number of carbonyl (C=O) groups excluding carboxylic acids is 1. The number of rotatable bonds is 2. The van der Waals surface area contributed by atoms with E-state index >= 15 is 0 Å². The number of benzene rings is 1. The molecule has 0 radical (unpaired) electrons. The molecule has 2 rings (SSSR count). The minimum Gasteiger partial charge on any atom is -0.491 e. The van der Waals surface area contributed by atoms with Crippen molar-refractivity contribution in [1.29, 1.82) is 0 Å². The van der Waals surface area contributed by atoms with Gasteiger partial charge in [0.15, 0.2) is 0 Å². The lowest BCUT2D eigenvalue weighted by atomic mass is 10.2. The molecule has 1 heterocycles. The number of para-hydroxylation sites is 2.